The highest BCUT2D eigenvalue weighted by Gasteiger charge is 2.21. The Hall–Kier alpha value is -1.40. The van der Waals surface area contributed by atoms with Crippen LogP contribution < -0.4 is 5.32 Å². The maximum absolute atomic E-state index is 11.8. The molecule has 0 aliphatic rings. The van der Waals surface area contributed by atoms with E-state index in [0.29, 0.717) is 18.7 Å². The number of ether oxygens (including phenoxy) is 1. The van der Waals surface area contributed by atoms with Crippen LogP contribution in [0.5, 0.6) is 0 Å². The van der Waals surface area contributed by atoms with Gasteiger partial charge in [-0.15, -0.1) is 0 Å². The van der Waals surface area contributed by atoms with Crippen LogP contribution in [0.4, 0.5) is 0 Å². The van der Waals surface area contributed by atoms with E-state index < -0.39 is 0 Å². The molecule has 0 bridgehead atoms. The van der Waals surface area contributed by atoms with Gasteiger partial charge in [0.15, 0.2) is 0 Å². The smallest absolute Gasteiger partial charge is 0.341 e. The molecule has 20 heavy (non-hydrogen) atoms. The number of carbonyl (C=O) groups excluding carboxylic acids is 1. The largest absolute Gasteiger partial charge is 0.462 e. The summed E-state index contributed by atoms with van der Waals surface area (Å²) in [6.07, 6.45) is 1.56. The van der Waals surface area contributed by atoms with Crippen molar-refractivity contribution in [1.29, 1.82) is 0 Å². The van der Waals surface area contributed by atoms with Crippen molar-refractivity contribution < 1.29 is 9.53 Å². The van der Waals surface area contributed by atoms with Gasteiger partial charge in [0.1, 0.15) is 5.56 Å². The van der Waals surface area contributed by atoms with Crippen LogP contribution in [0, 0.1) is 0 Å². The predicted octanol–water partition coefficient (Wildman–Crippen LogP) is 1.03. The van der Waals surface area contributed by atoms with Crippen LogP contribution in [0.15, 0.2) is 6.20 Å². The molecule has 0 spiro atoms. The summed E-state index contributed by atoms with van der Waals surface area (Å²) in [5.74, 6) is -0.315. The molecule has 1 aromatic rings. The molecule has 0 aliphatic carbocycles. The Morgan fingerprint density at radius 3 is 2.70 bits per heavy atom. The number of nitrogens with one attached hydrogen (secondary N) is 1. The number of hydrogen-bond acceptors (Lipinski definition) is 5. The SMILES string of the molecule is CCOC(=O)c1cnn(C)c1CNCC(C)(C)N(C)C. The summed E-state index contributed by atoms with van der Waals surface area (Å²) >= 11 is 0. The Bertz CT molecular complexity index is 452. The fourth-order valence-corrected chi connectivity index (χ4v) is 1.70. The average molecular weight is 282 g/mol. The Labute approximate surface area is 121 Å². The number of nitrogens with zero attached hydrogens (tertiary/aromatic N) is 3. The first-order valence-corrected chi connectivity index (χ1v) is 6.85. The number of aryl methyl sites for hydroxylation is 1. The number of carbonyl (C=O) groups is 1. The summed E-state index contributed by atoms with van der Waals surface area (Å²) in [6, 6.07) is 0. The van der Waals surface area contributed by atoms with Gasteiger partial charge < -0.3 is 15.0 Å². The zero-order valence-electron chi connectivity index (χ0n) is 13.4. The van der Waals surface area contributed by atoms with E-state index in [1.807, 2.05) is 7.05 Å². The first kappa shape index (κ1) is 16.7. The van der Waals surface area contributed by atoms with Gasteiger partial charge in [-0.3, -0.25) is 4.68 Å². The van der Waals surface area contributed by atoms with Crippen LogP contribution in [0.25, 0.3) is 0 Å². The standard InChI is InChI=1S/C14H26N4O2/c1-7-20-13(19)11-8-16-18(6)12(11)9-15-10-14(2,3)17(4)5/h8,15H,7,9-10H2,1-6H3. The molecule has 114 valence electrons. The molecule has 6 nitrogen and oxygen atoms in total. The van der Waals surface area contributed by atoms with Crippen molar-refractivity contribution in [3.63, 3.8) is 0 Å². The van der Waals surface area contributed by atoms with Gasteiger partial charge in [0.2, 0.25) is 0 Å². The van der Waals surface area contributed by atoms with E-state index in [-0.39, 0.29) is 11.5 Å². The molecule has 0 saturated carbocycles. The highest BCUT2D eigenvalue weighted by molar-refractivity contribution is 5.90. The number of hydrogen-bond donors (Lipinski definition) is 1. The van der Waals surface area contributed by atoms with Gasteiger partial charge in [0.05, 0.1) is 18.5 Å². The van der Waals surface area contributed by atoms with Crippen LogP contribution >= 0.6 is 0 Å². The van der Waals surface area contributed by atoms with Crippen LogP contribution in [-0.4, -0.2) is 53.4 Å². The van der Waals surface area contributed by atoms with Gasteiger partial charge in [0, 0.05) is 25.7 Å². The second-order valence-corrected chi connectivity index (χ2v) is 5.66. The minimum atomic E-state index is -0.315. The molecule has 0 amide bonds. The van der Waals surface area contributed by atoms with E-state index in [9.17, 15) is 4.79 Å². The van der Waals surface area contributed by atoms with Crippen molar-refractivity contribution in [2.24, 2.45) is 7.05 Å². The molecule has 1 N–H and O–H groups in total. The summed E-state index contributed by atoms with van der Waals surface area (Å²) in [5.41, 5.74) is 1.42. The van der Waals surface area contributed by atoms with Gasteiger partial charge in [-0.05, 0) is 34.9 Å². The van der Waals surface area contributed by atoms with Crippen molar-refractivity contribution in [3.05, 3.63) is 17.5 Å². The molecule has 0 aromatic carbocycles. The van der Waals surface area contributed by atoms with E-state index in [4.69, 9.17) is 4.74 Å². The molecule has 0 fully saturated rings. The number of esters is 1. The topological polar surface area (TPSA) is 59.4 Å². The lowest BCUT2D eigenvalue weighted by atomic mass is 10.0. The third-order valence-electron chi connectivity index (χ3n) is 3.62. The Morgan fingerprint density at radius 2 is 2.15 bits per heavy atom. The van der Waals surface area contributed by atoms with Crippen LogP contribution in [0.1, 0.15) is 36.8 Å². The lowest BCUT2D eigenvalue weighted by molar-refractivity contribution is 0.0524. The summed E-state index contributed by atoms with van der Waals surface area (Å²) in [7, 11) is 5.93. The van der Waals surface area contributed by atoms with E-state index in [1.54, 1.807) is 17.8 Å². The summed E-state index contributed by atoms with van der Waals surface area (Å²) in [6.45, 7) is 7.89. The molecule has 0 saturated heterocycles. The predicted molar refractivity (Wildman–Crippen MR) is 78.6 cm³/mol. The number of aromatic nitrogens is 2. The highest BCUT2D eigenvalue weighted by Crippen LogP contribution is 2.11. The summed E-state index contributed by atoms with van der Waals surface area (Å²) < 4.78 is 6.75. The molecule has 0 unspecified atom stereocenters. The number of rotatable bonds is 7. The second kappa shape index (κ2) is 6.85. The molecule has 0 aliphatic heterocycles. The minimum Gasteiger partial charge on any atom is -0.462 e. The van der Waals surface area contributed by atoms with Crippen molar-refractivity contribution in [3.8, 4) is 0 Å². The second-order valence-electron chi connectivity index (χ2n) is 5.66. The zero-order valence-corrected chi connectivity index (χ0v) is 13.4. The molecular formula is C14H26N4O2. The first-order chi connectivity index (χ1) is 9.29. The van der Waals surface area contributed by atoms with E-state index in [0.717, 1.165) is 12.2 Å². The van der Waals surface area contributed by atoms with E-state index >= 15 is 0 Å². The van der Waals surface area contributed by atoms with E-state index in [2.05, 4.69) is 43.3 Å². The number of likely N-dealkylation sites (N-methyl/N-ethyl adjacent to an activating group) is 1. The van der Waals surface area contributed by atoms with Crippen molar-refractivity contribution in [2.45, 2.75) is 32.9 Å². The Balaban J connectivity index is 2.69. The molecule has 0 atom stereocenters. The fourth-order valence-electron chi connectivity index (χ4n) is 1.70. The molecule has 6 heteroatoms. The van der Waals surface area contributed by atoms with Crippen molar-refractivity contribution in [2.75, 3.05) is 27.2 Å². The van der Waals surface area contributed by atoms with Crippen LogP contribution in [0.3, 0.4) is 0 Å². The fraction of sp³-hybridized carbons (Fsp3) is 0.714. The normalized spacial score (nSPS) is 11.9. The van der Waals surface area contributed by atoms with Crippen LogP contribution in [-0.2, 0) is 18.3 Å². The maximum atomic E-state index is 11.8. The highest BCUT2D eigenvalue weighted by atomic mass is 16.5. The molecule has 1 rings (SSSR count). The molecule has 1 aromatic heterocycles. The molecular weight excluding hydrogens is 256 g/mol. The first-order valence-electron chi connectivity index (χ1n) is 6.85. The van der Waals surface area contributed by atoms with Gasteiger partial charge in [-0.1, -0.05) is 0 Å². The third kappa shape index (κ3) is 4.05. The monoisotopic (exact) mass is 282 g/mol. The van der Waals surface area contributed by atoms with Crippen LogP contribution in [0.2, 0.25) is 0 Å². The van der Waals surface area contributed by atoms with Gasteiger partial charge in [-0.2, -0.15) is 5.10 Å². The van der Waals surface area contributed by atoms with Crippen molar-refractivity contribution in [1.82, 2.24) is 20.0 Å². The summed E-state index contributed by atoms with van der Waals surface area (Å²) in [5, 5.41) is 7.51. The lowest BCUT2D eigenvalue weighted by Gasteiger charge is -2.32. The van der Waals surface area contributed by atoms with Crippen molar-refractivity contribution >= 4 is 5.97 Å². The van der Waals surface area contributed by atoms with E-state index in [1.165, 1.54) is 0 Å². The zero-order chi connectivity index (χ0) is 15.3. The lowest BCUT2D eigenvalue weighted by Crippen LogP contribution is -2.46. The average Bonchev–Trinajstić information content (AvgIpc) is 2.71. The quantitative estimate of drug-likeness (QED) is 0.757. The summed E-state index contributed by atoms with van der Waals surface area (Å²) in [4.78, 5) is 14.0. The minimum absolute atomic E-state index is 0.0443. The van der Waals surface area contributed by atoms with Gasteiger partial charge >= 0.3 is 5.97 Å². The maximum Gasteiger partial charge on any atom is 0.341 e. The molecule has 0 radical (unpaired) electrons. The van der Waals surface area contributed by atoms with Gasteiger partial charge in [-0.25, -0.2) is 4.79 Å². The van der Waals surface area contributed by atoms with Gasteiger partial charge in [0.25, 0.3) is 0 Å². The Morgan fingerprint density at radius 1 is 1.50 bits per heavy atom. The third-order valence-corrected chi connectivity index (χ3v) is 3.62. The molecule has 1 heterocycles. The Kier molecular flexibility index (Phi) is 5.71.